The molecule has 0 N–H and O–H groups in total. The van der Waals surface area contributed by atoms with Crippen LogP contribution >= 0.6 is 0 Å². The molecule has 3 aromatic heterocycles. The number of nitrogens with zero attached hydrogens (tertiary/aromatic N) is 2. The molecule has 0 saturated carbocycles. The quantitative estimate of drug-likeness (QED) is 0.131. The molecule has 0 amide bonds. The zero-order valence-corrected chi connectivity index (χ0v) is 33.1. The summed E-state index contributed by atoms with van der Waals surface area (Å²) in [6, 6.07) is 30.9. The maximum absolute atomic E-state index is 7.64. The minimum Gasteiger partial charge on any atom is -0.500 e. The molecule has 4 aromatic carbocycles. The fourth-order valence-electron chi connectivity index (χ4n) is 6.12. The van der Waals surface area contributed by atoms with Crippen LogP contribution in [-0.4, -0.2) is 18.0 Å². The molecule has 0 atom stereocenters. The molecule has 0 saturated heterocycles. The van der Waals surface area contributed by atoms with Crippen molar-refractivity contribution in [2.75, 3.05) is 0 Å². The van der Waals surface area contributed by atoms with Crippen molar-refractivity contribution in [3.05, 3.63) is 138 Å². The topological polar surface area (TPSA) is 38.9 Å². The molecule has 0 bridgehead atoms. The number of rotatable bonds is 4. The first-order valence-corrected chi connectivity index (χ1v) is 19.9. The summed E-state index contributed by atoms with van der Waals surface area (Å²) >= 11 is 0. The largest absolute Gasteiger partial charge is 0.500 e. The number of hydrogen-bond donors (Lipinski definition) is 0. The minimum absolute atomic E-state index is 0. The second-order valence-corrected chi connectivity index (χ2v) is 19.7. The van der Waals surface area contributed by atoms with E-state index < -0.39 is 8.07 Å². The first-order valence-electron chi connectivity index (χ1n) is 17.9. The second-order valence-electron chi connectivity index (χ2n) is 14.7. The van der Waals surface area contributed by atoms with Crippen LogP contribution in [0.15, 0.2) is 108 Å². The summed E-state index contributed by atoms with van der Waals surface area (Å²) in [7, 11) is -1.36. The second kappa shape index (κ2) is 14.4. The van der Waals surface area contributed by atoms with Gasteiger partial charge >= 0.3 is 0 Å². The van der Waals surface area contributed by atoms with Gasteiger partial charge in [0.25, 0.3) is 0 Å². The van der Waals surface area contributed by atoms with E-state index in [0.717, 1.165) is 33.2 Å². The molecule has 3 nitrogen and oxygen atoms in total. The third-order valence-electron chi connectivity index (χ3n) is 8.73. The van der Waals surface area contributed by atoms with Gasteiger partial charge in [0.05, 0.1) is 13.7 Å². The van der Waals surface area contributed by atoms with E-state index >= 15 is 0 Å². The molecule has 7 rings (SSSR count). The predicted octanol–water partition coefficient (Wildman–Crippen LogP) is 11.4. The maximum atomic E-state index is 7.64. The van der Waals surface area contributed by atoms with Crippen molar-refractivity contribution in [2.24, 2.45) is 0 Å². The maximum Gasteiger partial charge on any atom is 0.121 e. The van der Waals surface area contributed by atoms with Crippen LogP contribution in [0, 0.1) is 32.9 Å². The monoisotopic (exact) mass is 840 g/mol. The van der Waals surface area contributed by atoms with Crippen molar-refractivity contribution in [2.45, 2.75) is 66.6 Å². The van der Waals surface area contributed by atoms with Crippen LogP contribution in [0.3, 0.4) is 0 Å². The Bertz CT molecular complexity index is 2360. The van der Waals surface area contributed by atoms with E-state index in [4.69, 9.17) is 8.53 Å². The average molecular weight is 840 g/mol. The summed E-state index contributed by atoms with van der Waals surface area (Å²) in [5, 5.41) is 3.49. The number of pyridine rings is 2. The Balaban J connectivity index is 0.000000225. The van der Waals surface area contributed by atoms with Crippen LogP contribution in [-0.2, 0) is 25.5 Å². The number of aromatic nitrogens is 2. The molecule has 7 aromatic rings. The molecule has 3 heterocycles. The molecule has 0 fully saturated rings. The molecule has 0 aliphatic rings. The fraction of sp³-hybridized carbons (Fsp3) is 0.227. The van der Waals surface area contributed by atoms with Gasteiger partial charge in [-0.25, -0.2) is 0 Å². The number of furan rings is 1. The Kier molecular flexibility index (Phi) is 9.41. The van der Waals surface area contributed by atoms with Gasteiger partial charge in [-0.3, -0.25) is 0 Å². The Morgan fingerprint density at radius 3 is 2.14 bits per heavy atom. The van der Waals surface area contributed by atoms with Crippen molar-refractivity contribution in [3.8, 4) is 33.6 Å². The molecular formula is C44H44IrN2OSi-2. The predicted molar refractivity (Wildman–Crippen MR) is 206 cm³/mol. The Labute approximate surface area is 310 Å². The van der Waals surface area contributed by atoms with Crippen molar-refractivity contribution in [3.63, 3.8) is 0 Å². The summed E-state index contributed by atoms with van der Waals surface area (Å²) in [5.74, 6) is 0. The van der Waals surface area contributed by atoms with Crippen LogP contribution in [0.2, 0.25) is 19.6 Å². The van der Waals surface area contributed by atoms with Gasteiger partial charge in [0.2, 0.25) is 0 Å². The SMILES string of the molecule is Cc1cc(C)c(-c2ccc3c(c2)oc2c[c-]c(-c4cc(C(C)(C)C)ccn4)cc23)c(C)c1.[2H]c1[c-]c(-c2ccc([Si](C)(C)C)cn2)cc([2H])c1[2H].[Ir]. The van der Waals surface area contributed by atoms with E-state index in [-0.39, 0.29) is 43.6 Å². The molecule has 0 aliphatic carbocycles. The number of aryl methyl sites for hydroxylation is 3. The molecule has 1 radical (unpaired) electrons. The molecular weight excluding hydrogens is 793 g/mol. The summed E-state index contributed by atoms with van der Waals surface area (Å²) in [6.45, 7) is 19.9. The fourth-order valence-corrected chi connectivity index (χ4v) is 7.15. The third-order valence-corrected chi connectivity index (χ3v) is 10.8. The van der Waals surface area contributed by atoms with E-state index in [0.29, 0.717) is 11.3 Å². The number of fused-ring (bicyclic) bond motifs is 3. The van der Waals surface area contributed by atoms with E-state index in [1.165, 1.54) is 44.6 Å². The van der Waals surface area contributed by atoms with Gasteiger partial charge in [0, 0.05) is 40.6 Å². The Morgan fingerprint density at radius 1 is 0.735 bits per heavy atom. The smallest absolute Gasteiger partial charge is 0.121 e. The van der Waals surface area contributed by atoms with Gasteiger partial charge in [0.1, 0.15) is 5.58 Å². The zero-order chi connectivity index (χ0) is 36.8. The molecule has 251 valence electrons. The van der Waals surface area contributed by atoms with Gasteiger partial charge in [-0.15, -0.1) is 59.6 Å². The van der Waals surface area contributed by atoms with E-state index in [1.807, 2.05) is 24.5 Å². The van der Waals surface area contributed by atoms with Gasteiger partial charge in [-0.1, -0.05) is 93.8 Å². The van der Waals surface area contributed by atoms with Crippen LogP contribution < -0.4 is 5.19 Å². The zero-order valence-electron chi connectivity index (χ0n) is 32.7. The molecule has 49 heavy (non-hydrogen) atoms. The van der Waals surface area contributed by atoms with Gasteiger partial charge < -0.3 is 14.4 Å². The molecule has 0 aliphatic heterocycles. The molecule has 5 heteroatoms. The van der Waals surface area contributed by atoms with Crippen LogP contribution in [0.25, 0.3) is 55.6 Å². The number of benzene rings is 4. The summed E-state index contributed by atoms with van der Waals surface area (Å²) in [6.07, 6.45) is 3.76. The van der Waals surface area contributed by atoms with Crippen molar-refractivity contribution in [1.29, 1.82) is 0 Å². The summed E-state index contributed by atoms with van der Waals surface area (Å²) in [4.78, 5) is 9.02. The van der Waals surface area contributed by atoms with Crippen molar-refractivity contribution >= 4 is 35.2 Å². The van der Waals surface area contributed by atoms with Gasteiger partial charge in [-0.2, -0.15) is 0 Å². The first-order chi connectivity index (χ1) is 24.0. The number of hydrogen-bond acceptors (Lipinski definition) is 3. The van der Waals surface area contributed by atoms with Crippen molar-refractivity contribution < 1.29 is 28.6 Å². The third kappa shape index (κ3) is 8.02. The Hall–Kier alpha value is -4.15. The first kappa shape index (κ1) is 32.1. The van der Waals surface area contributed by atoms with E-state index in [1.54, 1.807) is 0 Å². The van der Waals surface area contributed by atoms with Crippen LogP contribution in [0.4, 0.5) is 0 Å². The van der Waals surface area contributed by atoms with Crippen LogP contribution in [0.5, 0.6) is 0 Å². The van der Waals surface area contributed by atoms with E-state index in [2.05, 4.69) is 138 Å². The summed E-state index contributed by atoms with van der Waals surface area (Å²) in [5.41, 5.74) is 12.7. The standard InChI is InChI=1S/C30H28NO.C14H16NSi.Ir/c1-18-13-19(2)29(20(3)14-18)22-7-9-24-25-15-21(8-10-27(25)32-28(24)16-22)26-17-23(11-12-31-26)30(4,5)6;1-16(2,3)13-9-10-14(15-11-13)12-7-5-4-6-8-12;/h7,9-17H,1-6H3;4-7,9-11H,1-3H3;/q2*-1;/i;4D,5D,6D;. The van der Waals surface area contributed by atoms with Crippen molar-refractivity contribution in [1.82, 2.24) is 9.97 Å². The average Bonchev–Trinajstić information content (AvgIpc) is 3.43. The summed E-state index contributed by atoms with van der Waals surface area (Å²) < 4.78 is 29.0. The van der Waals surface area contributed by atoms with Gasteiger partial charge in [-0.05, 0) is 84.1 Å². The van der Waals surface area contributed by atoms with Gasteiger partial charge in [0.15, 0.2) is 0 Å². The normalized spacial score (nSPS) is 12.5. The van der Waals surface area contributed by atoms with E-state index in [9.17, 15) is 0 Å². The Morgan fingerprint density at radius 2 is 1.49 bits per heavy atom. The minimum atomic E-state index is -1.36. The molecule has 0 spiro atoms. The van der Waals surface area contributed by atoms with Crippen LogP contribution in [0.1, 0.15) is 47.1 Å². The molecule has 0 unspecified atom stereocenters.